The first-order valence-electron chi connectivity index (χ1n) is 6.03. The van der Waals surface area contributed by atoms with Crippen molar-refractivity contribution in [3.05, 3.63) is 35.4 Å². The molecule has 1 fully saturated rings. The second kappa shape index (κ2) is 5.79. The van der Waals surface area contributed by atoms with Gasteiger partial charge < -0.3 is 16.4 Å². The van der Waals surface area contributed by atoms with Gasteiger partial charge in [0.1, 0.15) is 4.99 Å². The predicted molar refractivity (Wildman–Crippen MR) is 75.8 cm³/mol. The van der Waals surface area contributed by atoms with Crippen LogP contribution in [0.2, 0.25) is 0 Å². The lowest BCUT2D eigenvalue weighted by molar-refractivity contribution is -0.120. The van der Waals surface area contributed by atoms with E-state index in [1.807, 2.05) is 0 Å². The van der Waals surface area contributed by atoms with Crippen LogP contribution in [0, 0.1) is 0 Å². The van der Waals surface area contributed by atoms with Gasteiger partial charge in [-0.25, -0.2) is 0 Å². The van der Waals surface area contributed by atoms with Gasteiger partial charge >= 0.3 is 0 Å². The number of rotatable bonds is 5. The Morgan fingerprint density at radius 1 is 1.21 bits per heavy atom. The van der Waals surface area contributed by atoms with Crippen LogP contribution in [0.1, 0.15) is 28.8 Å². The lowest BCUT2D eigenvalue weighted by atomic mass is 10.1. The Hall–Kier alpha value is -1.95. The van der Waals surface area contributed by atoms with Crippen molar-refractivity contribution in [1.29, 1.82) is 0 Å². The highest BCUT2D eigenvalue weighted by Crippen LogP contribution is 2.18. The first-order valence-corrected chi connectivity index (χ1v) is 6.44. The van der Waals surface area contributed by atoms with E-state index < -0.39 is 0 Å². The third-order valence-corrected chi connectivity index (χ3v) is 3.02. The predicted octanol–water partition coefficient (Wildman–Crippen LogP) is 0.329. The Kier molecular flexibility index (Phi) is 4.11. The summed E-state index contributed by atoms with van der Waals surface area (Å²) in [4.78, 5) is 23.5. The van der Waals surface area contributed by atoms with Crippen LogP contribution in [0.5, 0.6) is 0 Å². The first-order chi connectivity index (χ1) is 9.06. The zero-order valence-corrected chi connectivity index (χ0v) is 11.1. The minimum absolute atomic E-state index is 0.00755. The quantitative estimate of drug-likeness (QED) is 0.677. The van der Waals surface area contributed by atoms with E-state index in [1.165, 1.54) is 0 Å². The van der Waals surface area contributed by atoms with E-state index in [9.17, 15) is 9.59 Å². The molecule has 0 unspecified atom stereocenters. The molecule has 0 bridgehead atoms. The summed E-state index contributed by atoms with van der Waals surface area (Å²) in [5, 5.41) is 5.36. The van der Waals surface area contributed by atoms with Crippen LogP contribution in [0.4, 0.5) is 0 Å². The molecular weight excluding hydrogens is 262 g/mol. The van der Waals surface area contributed by atoms with Crippen molar-refractivity contribution in [2.45, 2.75) is 18.9 Å². The fraction of sp³-hybridized carbons (Fsp3) is 0.308. The molecule has 2 rings (SSSR count). The molecule has 5 nitrogen and oxygen atoms in total. The number of nitrogens with two attached hydrogens (primary N) is 1. The molecule has 1 aliphatic carbocycles. The van der Waals surface area contributed by atoms with E-state index in [2.05, 4.69) is 10.6 Å². The number of amides is 2. The molecule has 100 valence electrons. The molecule has 0 heterocycles. The Bertz CT molecular complexity index is 509. The van der Waals surface area contributed by atoms with Crippen LogP contribution in [0.15, 0.2) is 24.3 Å². The molecule has 19 heavy (non-hydrogen) atoms. The second-order valence-corrected chi connectivity index (χ2v) is 4.91. The highest BCUT2D eigenvalue weighted by Gasteiger charge is 2.23. The van der Waals surface area contributed by atoms with Crippen LogP contribution in [0.3, 0.4) is 0 Å². The summed E-state index contributed by atoms with van der Waals surface area (Å²) in [5.41, 5.74) is 6.65. The van der Waals surface area contributed by atoms with Crippen LogP contribution >= 0.6 is 12.2 Å². The third-order valence-electron chi connectivity index (χ3n) is 2.78. The van der Waals surface area contributed by atoms with Gasteiger partial charge in [0.05, 0.1) is 6.54 Å². The summed E-state index contributed by atoms with van der Waals surface area (Å²) in [6.07, 6.45) is 2.06. The van der Waals surface area contributed by atoms with Gasteiger partial charge in [-0.15, -0.1) is 0 Å². The van der Waals surface area contributed by atoms with Crippen molar-refractivity contribution >= 4 is 29.0 Å². The maximum Gasteiger partial charge on any atom is 0.251 e. The number of nitrogens with one attached hydrogen (secondary N) is 2. The van der Waals surface area contributed by atoms with E-state index >= 15 is 0 Å². The monoisotopic (exact) mass is 277 g/mol. The zero-order valence-electron chi connectivity index (χ0n) is 10.3. The number of thiocarbonyl (C=S) groups is 1. The normalized spacial score (nSPS) is 13.7. The van der Waals surface area contributed by atoms with Gasteiger partial charge in [0, 0.05) is 17.2 Å². The molecule has 6 heteroatoms. The smallest absolute Gasteiger partial charge is 0.251 e. The van der Waals surface area contributed by atoms with E-state index in [4.69, 9.17) is 18.0 Å². The number of benzene rings is 1. The molecule has 1 saturated carbocycles. The summed E-state index contributed by atoms with van der Waals surface area (Å²) in [5.74, 6) is -0.448. The molecule has 1 aromatic carbocycles. The Morgan fingerprint density at radius 3 is 2.32 bits per heavy atom. The molecule has 4 N–H and O–H groups in total. The van der Waals surface area contributed by atoms with Crippen molar-refractivity contribution in [3.63, 3.8) is 0 Å². The second-order valence-electron chi connectivity index (χ2n) is 4.47. The number of carbonyl (C=O) groups excluding carboxylic acids is 2. The molecule has 0 saturated heterocycles. The standard InChI is InChI=1S/C13H15N3O2S/c14-12(19)8-1-3-9(4-2-8)13(18)15-7-11(17)16-10-5-6-10/h1-4,10H,5-7H2,(H2,14,19)(H,15,18)(H,16,17). The lowest BCUT2D eigenvalue weighted by Gasteiger charge is -2.06. The highest BCUT2D eigenvalue weighted by molar-refractivity contribution is 7.80. The molecule has 0 radical (unpaired) electrons. The summed E-state index contributed by atoms with van der Waals surface area (Å²) >= 11 is 4.83. The van der Waals surface area contributed by atoms with Crippen molar-refractivity contribution in [2.24, 2.45) is 5.73 Å². The summed E-state index contributed by atoms with van der Waals surface area (Å²) in [7, 11) is 0. The molecule has 0 atom stereocenters. The fourth-order valence-electron chi connectivity index (χ4n) is 1.55. The van der Waals surface area contributed by atoms with Gasteiger partial charge in [-0.3, -0.25) is 9.59 Å². The average molecular weight is 277 g/mol. The number of hydrogen-bond acceptors (Lipinski definition) is 3. The van der Waals surface area contributed by atoms with Crippen LogP contribution in [-0.2, 0) is 4.79 Å². The summed E-state index contributed by atoms with van der Waals surface area (Å²) in [6, 6.07) is 6.92. The third kappa shape index (κ3) is 4.03. The van der Waals surface area contributed by atoms with Crippen molar-refractivity contribution in [3.8, 4) is 0 Å². The molecule has 0 aliphatic heterocycles. The zero-order chi connectivity index (χ0) is 13.8. The van der Waals surface area contributed by atoms with Crippen LogP contribution in [-0.4, -0.2) is 29.4 Å². The van der Waals surface area contributed by atoms with Crippen LogP contribution in [0.25, 0.3) is 0 Å². The minimum Gasteiger partial charge on any atom is -0.389 e. The fourth-order valence-corrected chi connectivity index (χ4v) is 1.69. The lowest BCUT2D eigenvalue weighted by Crippen LogP contribution is -2.37. The summed E-state index contributed by atoms with van der Waals surface area (Å²) in [6.45, 7) is -0.00755. The van der Waals surface area contributed by atoms with Gasteiger partial charge in [-0.05, 0) is 25.0 Å². The average Bonchev–Trinajstić information content (AvgIpc) is 3.20. The van der Waals surface area contributed by atoms with Gasteiger partial charge in [0.15, 0.2) is 0 Å². The van der Waals surface area contributed by atoms with Gasteiger partial charge in [0.25, 0.3) is 5.91 Å². The summed E-state index contributed by atoms with van der Waals surface area (Å²) < 4.78 is 0. The molecule has 0 spiro atoms. The van der Waals surface area contributed by atoms with Crippen LogP contribution < -0.4 is 16.4 Å². The van der Waals surface area contributed by atoms with Gasteiger partial charge in [0.2, 0.25) is 5.91 Å². The van der Waals surface area contributed by atoms with E-state index in [0.29, 0.717) is 17.2 Å². The number of carbonyl (C=O) groups is 2. The Morgan fingerprint density at radius 2 is 1.79 bits per heavy atom. The minimum atomic E-state index is -0.291. The molecule has 0 aromatic heterocycles. The topological polar surface area (TPSA) is 84.2 Å². The largest absolute Gasteiger partial charge is 0.389 e. The maximum absolute atomic E-state index is 11.8. The van der Waals surface area contributed by atoms with E-state index in [1.54, 1.807) is 24.3 Å². The van der Waals surface area contributed by atoms with E-state index in [-0.39, 0.29) is 23.3 Å². The molecule has 1 aromatic rings. The van der Waals surface area contributed by atoms with Gasteiger partial charge in [-0.1, -0.05) is 24.4 Å². The van der Waals surface area contributed by atoms with E-state index in [0.717, 1.165) is 12.8 Å². The van der Waals surface area contributed by atoms with Crippen molar-refractivity contribution in [2.75, 3.05) is 6.54 Å². The highest BCUT2D eigenvalue weighted by atomic mass is 32.1. The van der Waals surface area contributed by atoms with Gasteiger partial charge in [-0.2, -0.15) is 0 Å². The Labute approximate surface area is 116 Å². The van der Waals surface area contributed by atoms with Crippen molar-refractivity contribution in [1.82, 2.24) is 10.6 Å². The molecule has 1 aliphatic rings. The van der Waals surface area contributed by atoms with Crippen molar-refractivity contribution < 1.29 is 9.59 Å². The SMILES string of the molecule is NC(=S)c1ccc(C(=O)NCC(=O)NC2CC2)cc1. The number of hydrogen-bond donors (Lipinski definition) is 3. The molecule has 2 amide bonds. The maximum atomic E-state index is 11.8. The molecular formula is C13H15N3O2S. The Balaban J connectivity index is 1.84. The first kappa shape index (κ1) is 13.5.